The van der Waals surface area contributed by atoms with Gasteiger partial charge in [-0.25, -0.2) is 9.37 Å². The average Bonchev–Trinajstić information content (AvgIpc) is 3.56. The van der Waals surface area contributed by atoms with Gasteiger partial charge in [-0.15, -0.1) is 0 Å². The molecule has 0 saturated heterocycles. The van der Waals surface area contributed by atoms with Gasteiger partial charge < -0.3 is 10.7 Å². The first-order chi connectivity index (χ1) is 16.1. The second-order valence-electron chi connectivity index (χ2n) is 9.75. The minimum atomic E-state index is -0.423. The molecule has 2 aromatic heterocycles. The molecule has 1 atom stereocenters. The van der Waals surface area contributed by atoms with Crippen LogP contribution in [0.5, 0.6) is 0 Å². The SMILES string of the molecule is NC(=O)c1ccc2nc(C(C3CCC(c4ccnc5ccc(F)cc45)CC3)C3CC3)[nH]c2c1. The summed E-state index contributed by atoms with van der Waals surface area (Å²) in [6.07, 6.45) is 8.81. The van der Waals surface area contributed by atoms with E-state index in [-0.39, 0.29) is 5.82 Å². The summed E-state index contributed by atoms with van der Waals surface area (Å²) >= 11 is 0. The molecule has 2 heterocycles. The number of carbonyl (C=O) groups excluding carboxylic acids is 1. The Morgan fingerprint density at radius 3 is 2.42 bits per heavy atom. The van der Waals surface area contributed by atoms with E-state index >= 15 is 0 Å². The zero-order valence-corrected chi connectivity index (χ0v) is 18.4. The Hall–Kier alpha value is -3.28. The minimum Gasteiger partial charge on any atom is -0.366 e. The Labute approximate surface area is 191 Å². The van der Waals surface area contributed by atoms with Crippen LogP contribution in [0.2, 0.25) is 0 Å². The van der Waals surface area contributed by atoms with Gasteiger partial charge in [-0.3, -0.25) is 9.78 Å². The summed E-state index contributed by atoms with van der Waals surface area (Å²) in [4.78, 5) is 24.4. The van der Waals surface area contributed by atoms with E-state index in [0.29, 0.717) is 29.2 Å². The van der Waals surface area contributed by atoms with Gasteiger partial charge in [0, 0.05) is 23.1 Å². The van der Waals surface area contributed by atoms with Crippen LogP contribution in [0.1, 0.15) is 72.1 Å². The number of nitrogens with two attached hydrogens (primary N) is 1. The highest BCUT2D eigenvalue weighted by molar-refractivity contribution is 5.96. The second-order valence-corrected chi connectivity index (χ2v) is 9.75. The number of aromatic amines is 1. The monoisotopic (exact) mass is 442 g/mol. The number of nitrogens with one attached hydrogen (secondary N) is 1. The molecule has 1 unspecified atom stereocenters. The number of fused-ring (bicyclic) bond motifs is 2. The fourth-order valence-corrected chi connectivity index (χ4v) is 5.91. The predicted molar refractivity (Wildman–Crippen MR) is 126 cm³/mol. The Kier molecular flexibility index (Phi) is 4.89. The molecule has 6 heteroatoms. The van der Waals surface area contributed by atoms with Crippen molar-refractivity contribution in [3.05, 3.63) is 71.4 Å². The molecule has 0 aliphatic heterocycles. The minimum absolute atomic E-state index is 0.205. The van der Waals surface area contributed by atoms with Crippen molar-refractivity contribution in [1.82, 2.24) is 15.0 Å². The molecule has 4 aromatic rings. The summed E-state index contributed by atoms with van der Waals surface area (Å²) < 4.78 is 13.9. The number of imidazole rings is 1. The highest BCUT2D eigenvalue weighted by atomic mass is 19.1. The Morgan fingerprint density at radius 1 is 0.970 bits per heavy atom. The number of benzene rings is 2. The lowest BCUT2D eigenvalue weighted by molar-refractivity contribution is 0.100. The molecule has 2 fully saturated rings. The van der Waals surface area contributed by atoms with E-state index in [9.17, 15) is 9.18 Å². The van der Waals surface area contributed by atoms with Gasteiger partial charge in [-0.1, -0.05) is 0 Å². The standard InChI is InChI=1S/C27H27FN4O/c28-19-8-10-22-21(14-19)20(11-12-30-22)15-1-3-16(4-2-15)25(17-5-6-17)27-31-23-9-7-18(26(29)33)13-24(23)32-27/h7-17,25H,1-6H2,(H2,29,33)(H,31,32). The number of hydrogen-bond acceptors (Lipinski definition) is 3. The number of hydrogen-bond donors (Lipinski definition) is 2. The molecule has 6 rings (SSSR count). The maximum absolute atomic E-state index is 13.9. The second kappa shape index (κ2) is 7.94. The summed E-state index contributed by atoms with van der Waals surface area (Å²) in [6, 6.07) is 12.4. The smallest absolute Gasteiger partial charge is 0.248 e. The van der Waals surface area contributed by atoms with Crippen molar-refractivity contribution < 1.29 is 9.18 Å². The van der Waals surface area contributed by atoms with Crippen molar-refractivity contribution in [2.75, 3.05) is 0 Å². The molecule has 33 heavy (non-hydrogen) atoms. The Bertz CT molecular complexity index is 1350. The summed E-state index contributed by atoms with van der Waals surface area (Å²) in [5.41, 5.74) is 9.81. The zero-order valence-electron chi connectivity index (χ0n) is 18.4. The number of halogens is 1. The van der Waals surface area contributed by atoms with E-state index in [4.69, 9.17) is 10.7 Å². The third kappa shape index (κ3) is 3.77. The predicted octanol–water partition coefficient (Wildman–Crippen LogP) is 5.82. The van der Waals surface area contributed by atoms with Crippen LogP contribution in [-0.2, 0) is 0 Å². The van der Waals surface area contributed by atoms with Crippen LogP contribution < -0.4 is 5.73 Å². The van der Waals surface area contributed by atoms with E-state index in [1.807, 2.05) is 18.3 Å². The number of H-pyrrole nitrogens is 1. The zero-order chi connectivity index (χ0) is 22.5. The molecule has 0 radical (unpaired) electrons. The molecule has 3 N–H and O–H groups in total. The number of rotatable bonds is 5. The van der Waals surface area contributed by atoms with E-state index in [1.165, 1.54) is 24.5 Å². The molecule has 0 spiro atoms. The fourth-order valence-electron chi connectivity index (χ4n) is 5.91. The molecule has 2 aromatic carbocycles. The van der Waals surface area contributed by atoms with Gasteiger partial charge in [0.15, 0.2) is 0 Å². The molecule has 168 valence electrons. The first kappa shape index (κ1) is 20.3. The Morgan fingerprint density at radius 2 is 1.70 bits per heavy atom. The van der Waals surface area contributed by atoms with Crippen LogP contribution in [0.25, 0.3) is 21.9 Å². The van der Waals surface area contributed by atoms with Crippen LogP contribution in [0.15, 0.2) is 48.7 Å². The van der Waals surface area contributed by atoms with Gasteiger partial charge in [0.05, 0.1) is 16.6 Å². The topological polar surface area (TPSA) is 84.7 Å². The van der Waals surface area contributed by atoms with Crippen molar-refractivity contribution in [2.45, 2.75) is 50.4 Å². The van der Waals surface area contributed by atoms with Gasteiger partial charge in [-0.05, 0) is 104 Å². The van der Waals surface area contributed by atoms with Crippen molar-refractivity contribution in [2.24, 2.45) is 17.6 Å². The average molecular weight is 443 g/mol. The maximum atomic E-state index is 13.9. The van der Waals surface area contributed by atoms with Gasteiger partial charge in [0.1, 0.15) is 11.6 Å². The first-order valence-electron chi connectivity index (χ1n) is 11.9. The number of amides is 1. The summed E-state index contributed by atoms with van der Waals surface area (Å²) in [5, 5.41) is 0.947. The van der Waals surface area contributed by atoms with Crippen LogP contribution in [-0.4, -0.2) is 20.9 Å². The molecule has 2 aliphatic carbocycles. The van der Waals surface area contributed by atoms with Gasteiger partial charge in [0.2, 0.25) is 5.91 Å². The van der Waals surface area contributed by atoms with Crippen molar-refractivity contribution in [3.8, 4) is 0 Å². The molecular weight excluding hydrogens is 415 g/mol. The van der Waals surface area contributed by atoms with E-state index in [1.54, 1.807) is 18.2 Å². The summed E-state index contributed by atoms with van der Waals surface area (Å²) in [7, 11) is 0. The number of aromatic nitrogens is 3. The molecular formula is C27H27FN4O. The number of pyridine rings is 1. The lowest BCUT2D eigenvalue weighted by Crippen LogP contribution is -2.22. The van der Waals surface area contributed by atoms with Gasteiger partial charge in [0.25, 0.3) is 0 Å². The van der Waals surface area contributed by atoms with Crippen LogP contribution in [0, 0.1) is 17.7 Å². The van der Waals surface area contributed by atoms with Gasteiger partial charge >= 0.3 is 0 Å². The number of primary amides is 1. The first-order valence-corrected chi connectivity index (χ1v) is 11.9. The molecule has 0 bridgehead atoms. The quantitative estimate of drug-likeness (QED) is 0.409. The maximum Gasteiger partial charge on any atom is 0.248 e. The van der Waals surface area contributed by atoms with E-state index < -0.39 is 5.91 Å². The lowest BCUT2D eigenvalue weighted by Gasteiger charge is -2.34. The molecule has 2 saturated carbocycles. The third-order valence-corrected chi connectivity index (χ3v) is 7.69. The van der Waals surface area contributed by atoms with Gasteiger partial charge in [-0.2, -0.15) is 0 Å². The van der Waals surface area contributed by atoms with Crippen LogP contribution in [0.3, 0.4) is 0 Å². The largest absolute Gasteiger partial charge is 0.366 e. The molecule has 5 nitrogen and oxygen atoms in total. The van der Waals surface area contributed by atoms with Crippen LogP contribution >= 0.6 is 0 Å². The van der Waals surface area contributed by atoms with E-state index in [0.717, 1.165) is 53.4 Å². The van der Waals surface area contributed by atoms with Crippen molar-refractivity contribution in [1.29, 1.82) is 0 Å². The lowest BCUT2D eigenvalue weighted by atomic mass is 9.72. The summed E-state index contributed by atoms with van der Waals surface area (Å²) in [6.45, 7) is 0. The highest BCUT2D eigenvalue weighted by Crippen LogP contribution is 2.51. The molecule has 1 amide bonds. The Balaban J connectivity index is 1.25. The van der Waals surface area contributed by atoms with Crippen molar-refractivity contribution in [3.63, 3.8) is 0 Å². The van der Waals surface area contributed by atoms with E-state index in [2.05, 4.69) is 16.0 Å². The summed E-state index contributed by atoms with van der Waals surface area (Å²) in [5.74, 6) is 2.53. The van der Waals surface area contributed by atoms with Crippen molar-refractivity contribution >= 4 is 27.8 Å². The number of nitrogens with zero attached hydrogens (tertiary/aromatic N) is 2. The fraction of sp³-hybridized carbons (Fsp3) is 0.370. The third-order valence-electron chi connectivity index (χ3n) is 7.69. The van der Waals surface area contributed by atoms with Crippen LogP contribution in [0.4, 0.5) is 4.39 Å². The highest BCUT2D eigenvalue weighted by Gasteiger charge is 2.41. The number of carbonyl (C=O) groups is 1. The molecule has 2 aliphatic rings. The normalized spacial score (nSPS) is 22.0.